The Morgan fingerprint density at radius 2 is 0.729 bits per heavy atom. The minimum absolute atomic E-state index is 0.0941. The van der Waals surface area contributed by atoms with Crippen LogP contribution in [-0.2, 0) is 0 Å². The Labute approximate surface area is 400 Å². The van der Waals surface area contributed by atoms with Gasteiger partial charge in [-0.3, -0.25) is 0 Å². The number of hydrogen-bond acceptors (Lipinski definition) is 4. The van der Waals surface area contributed by atoms with Gasteiger partial charge in [-0.05, 0) is 243 Å². The van der Waals surface area contributed by atoms with Crippen molar-refractivity contribution >= 4 is 0 Å². The van der Waals surface area contributed by atoms with Crippen molar-refractivity contribution in [1.29, 1.82) is 0 Å². The molecule has 14 saturated carbocycles. The first-order valence-electron chi connectivity index (χ1n) is 26.1. The number of fused-ring (bicyclic) bond motifs is 11. The average molecular weight is 1030 g/mol. The lowest BCUT2D eigenvalue weighted by Crippen LogP contribution is -2.70. The number of halogens is 15. The van der Waals surface area contributed by atoms with E-state index in [1.807, 2.05) is 0 Å². The van der Waals surface area contributed by atoms with Gasteiger partial charge in [0.25, 0.3) is 5.60 Å². The zero-order valence-corrected chi connectivity index (χ0v) is 40.0. The lowest BCUT2D eigenvalue weighted by Gasteiger charge is -2.61. The molecule has 70 heavy (non-hydrogen) atoms. The summed E-state index contributed by atoms with van der Waals surface area (Å²) in [4.78, 5) is 0. The number of hydrogen-bond donors (Lipinski definition) is 4. The third-order valence-corrected chi connectivity index (χ3v) is 22.1. The van der Waals surface area contributed by atoms with Gasteiger partial charge in [-0.15, -0.1) is 0 Å². The quantitative estimate of drug-likeness (QED) is 0.167. The minimum Gasteiger partial charge on any atom is -0.380 e. The first-order chi connectivity index (χ1) is 31.9. The standard InChI is InChI=1S/C15H21F3O.C13H16F6O.C13H19F3O.C10H15F3O/c1-14(19,15(16,17)18)11-6-9-5-10(11)13-8-3-2-7(4-8)12(9)13;14-12(15,16)11(20,13(17,18)19)10-4-7-1-8(5-10)3-9(2-7)6-10;1-12(17,13(14,15)16)11-9-3-7-2-8(5-9)6-10(11)4-7;1-9(14,10(11,12)13)8-5-6-2-3-7(8)4-6/h7-13,19H,2-6H2,1H3;7-9,20H,1-6H2;7-11,17H,2-6H2,1H3;6-8,14H,2-5H2,1H3. The highest BCUT2D eigenvalue weighted by Gasteiger charge is 2.81. The van der Waals surface area contributed by atoms with Gasteiger partial charge in [-0.1, -0.05) is 6.42 Å². The molecule has 14 rings (SSSR count). The molecule has 0 amide bonds. The lowest BCUT2D eigenvalue weighted by atomic mass is 9.45. The van der Waals surface area contributed by atoms with Crippen LogP contribution in [-0.4, -0.2) is 73.7 Å². The maximum absolute atomic E-state index is 13.1. The van der Waals surface area contributed by atoms with Crippen LogP contribution in [0, 0.1) is 112 Å². The number of rotatable bonds is 4. The van der Waals surface area contributed by atoms with Gasteiger partial charge in [0.05, 0.1) is 0 Å². The van der Waals surface area contributed by atoms with Gasteiger partial charge in [-0.25, -0.2) is 0 Å². The maximum atomic E-state index is 13.1. The summed E-state index contributed by atoms with van der Waals surface area (Å²) in [5.74, 6) is 3.25. The van der Waals surface area contributed by atoms with Crippen LogP contribution in [0.2, 0.25) is 0 Å². The lowest BCUT2D eigenvalue weighted by molar-refractivity contribution is -0.417. The number of aliphatic hydroxyl groups is 4. The molecule has 14 fully saturated rings. The van der Waals surface area contributed by atoms with Crippen molar-refractivity contribution < 1.29 is 86.3 Å². The van der Waals surface area contributed by atoms with Crippen LogP contribution >= 0.6 is 0 Å². The molecule has 0 aromatic rings. The molecular weight excluding hydrogens is 962 g/mol. The van der Waals surface area contributed by atoms with E-state index >= 15 is 0 Å². The molecule has 4 nitrogen and oxygen atoms in total. The van der Waals surface area contributed by atoms with Crippen LogP contribution < -0.4 is 0 Å². The highest BCUT2D eigenvalue weighted by atomic mass is 19.4. The van der Waals surface area contributed by atoms with Crippen LogP contribution in [0.5, 0.6) is 0 Å². The minimum atomic E-state index is -5.68. The van der Waals surface area contributed by atoms with Crippen LogP contribution in [0.3, 0.4) is 0 Å². The van der Waals surface area contributed by atoms with E-state index in [0.29, 0.717) is 73.5 Å². The fraction of sp³-hybridized carbons (Fsp3) is 1.00. The van der Waals surface area contributed by atoms with E-state index in [4.69, 9.17) is 0 Å². The van der Waals surface area contributed by atoms with Crippen LogP contribution in [0.1, 0.15) is 149 Å². The molecule has 0 aromatic heterocycles. The predicted molar refractivity (Wildman–Crippen MR) is 225 cm³/mol. The average Bonchev–Trinajstić information content (AvgIpc) is 4.07. The summed E-state index contributed by atoms with van der Waals surface area (Å²) in [7, 11) is 0. The van der Waals surface area contributed by atoms with Crippen molar-refractivity contribution in [2.75, 3.05) is 0 Å². The Balaban J connectivity index is 0.000000117. The molecule has 13 atom stereocenters. The summed E-state index contributed by atoms with van der Waals surface area (Å²) < 4.78 is 195. The van der Waals surface area contributed by atoms with Crippen LogP contribution in [0.4, 0.5) is 65.9 Å². The van der Waals surface area contributed by atoms with Crippen molar-refractivity contribution in [2.45, 2.75) is 202 Å². The fourth-order valence-corrected chi connectivity index (χ4v) is 19.9. The molecule has 0 spiro atoms. The number of alkyl halides is 15. The van der Waals surface area contributed by atoms with E-state index in [-0.39, 0.29) is 60.7 Å². The second kappa shape index (κ2) is 17.1. The normalized spacial score (nSPS) is 46.5. The van der Waals surface area contributed by atoms with Gasteiger partial charge in [0.1, 0.15) is 0 Å². The highest BCUT2D eigenvalue weighted by molar-refractivity contribution is 5.16. The van der Waals surface area contributed by atoms with Crippen molar-refractivity contribution in [3.8, 4) is 0 Å². The molecule has 0 saturated heterocycles. The van der Waals surface area contributed by atoms with Crippen molar-refractivity contribution in [1.82, 2.24) is 0 Å². The molecule has 0 aliphatic heterocycles. The molecule has 14 aliphatic carbocycles. The Morgan fingerprint density at radius 1 is 0.329 bits per heavy atom. The Morgan fingerprint density at radius 3 is 1.13 bits per heavy atom. The molecule has 14 aliphatic rings. The van der Waals surface area contributed by atoms with Gasteiger partial charge < -0.3 is 20.4 Å². The van der Waals surface area contributed by atoms with Crippen molar-refractivity contribution in [3.05, 3.63) is 0 Å². The molecule has 0 radical (unpaired) electrons. The van der Waals surface area contributed by atoms with E-state index < -0.39 is 76.5 Å². The van der Waals surface area contributed by atoms with Gasteiger partial charge in [0, 0.05) is 11.3 Å². The van der Waals surface area contributed by atoms with Crippen LogP contribution in [0.25, 0.3) is 0 Å². The molecule has 404 valence electrons. The fourth-order valence-electron chi connectivity index (χ4n) is 19.9. The monoisotopic (exact) mass is 1030 g/mol. The summed E-state index contributed by atoms with van der Waals surface area (Å²) in [6, 6.07) is 0. The van der Waals surface area contributed by atoms with Gasteiger partial charge in [0.2, 0.25) is 0 Å². The smallest absolute Gasteiger partial charge is 0.380 e. The second-order valence-electron chi connectivity index (χ2n) is 26.1. The second-order valence-corrected chi connectivity index (χ2v) is 26.1. The molecule has 19 heteroatoms. The van der Waals surface area contributed by atoms with Crippen molar-refractivity contribution in [2.24, 2.45) is 112 Å². The highest BCUT2D eigenvalue weighted by Crippen LogP contribution is 2.72. The summed E-state index contributed by atoms with van der Waals surface area (Å²) in [5.41, 5.74) is -14.1. The van der Waals surface area contributed by atoms with E-state index in [1.165, 1.54) is 25.7 Å². The summed E-state index contributed by atoms with van der Waals surface area (Å²) in [5, 5.41) is 39.3. The SMILES string of the molecule is CC(O)(C1C2CC3CC(C2)CC1C3)C(F)(F)F.CC(O)(C1CC2CC1C1C3CCC(C3)C21)C(F)(F)F.CC(O)(C1CC2CCC1C2)C(F)(F)F.OC(C(F)(F)F)(C(F)(F)F)C12CC3CC(CC(C3)C1)C2. The topological polar surface area (TPSA) is 80.9 Å². The van der Waals surface area contributed by atoms with Crippen LogP contribution in [0.15, 0.2) is 0 Å². The molecule has 4 N–H and O–H groups in total. The van der Waals surface area contributed by atoms with E-state index in [0.717, 1.165) is 78.1 Å². The molecule has 0 aromatic carbocycles. The predicted octanol–water partition coefficient (Wildman–Crippen LogP) is 13.8. The largest absolute Gasteiger partial charge is 0.426 e. The van der Waals surface area contributed by atoms with E-state index in [9.17, 15) is 86.3 Å². The van der Waals surface area contributed by atoms with Gasteiger partial charge in [-0.2, -0.15) is 65.9 Å². The van der Waals surface area contributed by atoms with E-state index in [1.54, 1.807) is 0 Å². The zero-order valence-electron chi connectivity index (χ0n) is 40.0. The molecule has 13 unspecified atom stereocenters. The molecular formula is C51H71F15O4. The first kappa shape index (κ1) is 53.6. The Bertz CT molecular complexity index is 1820. The third kappa shape index (κ3) is 8.56. The van der Waals surface area contributed by atoms with Gasteiger partial charge >= 0.3 is 30.9 Å². The summed E-state index contributed by atoms with van der Waals surface area (Å²) >= 11 is 0. The molecule has 0 heterocycles. The maximum Gasteiger partial charge on any atom is 0.426 e. The van der Waals surface area contributed by atoms with E-state index in [2.05, 4.69) is 0 Å². The summed E-state index contributed by atoms with van der Waals surface area (Å²) in [6.07, 6.45) is -9.66. The Kier molecular flexibility index (Phi) is 13.1. The summed E-state index contributed by atoms with van der Waals surface area (Å²) in [6.45, 7) is 2.92. The van der Waals surface area contributed by atoms with Crippen molar-refractivity contribution in [3.63, 3.8) is 0 Å². The zero-order chi connectivity index (χ0) is 51.5. The third-order valence-electron chi connectivity index (χ3n) is 22.1. The Hall–Kier alpha value is -1.21. The first-order valence-corrected chi connectivity index (χ1v) is 26.1. The molecule has 14 bridgehead atoms. The van der Waals surface area contributed by atoms with Gasteiger partial charge in [0.15, 0.2) is 16.8 Å².